The molecule has 0 fully saturated rings. The van der Waals surface area contributed by atoms with Crippen LogP contribution in [0.3, 0.4) is 0 Å². The van der Waals surface area contributed by atoms with Crippen molar-refractivity contribution in [2.24, 2.45) is 11.5 Å². The lowest BCUT2D eigenvalue weighted by Crippen LogP contribution is -2.42. The van der Waals surface area contributed by atoms with Gasteiger partial charge in [-0.2, -0.15) is 0 Å². The quantitative estimate of drug-likeness (QED) is 0.184. The van der Waals surface area contributed by atoms with E-state index in [1.165, 1.54) is 0 Å². The zero-order valence-corrected chi connectivity index (χ0v) is 20.0. The van der Waals surface area contributed by atoms with E-state index < -0.39 is 17.7 Å². The molecule has 1 atom stereocenters. The summed E-state index contributed by atoms with van der Waals surface area (Å²) in [5.74, 6) is -0.211. The predicted octanol–water partition coefficient (Wildman–Crippen LogP) is 0.150. The molecule has 6 N–H and O–H groups in total. The lowest BCUT2D eigenvalue weighted by atomic mass is 10.1. The van der Waals surface area contributed by atoms with Gasteiger partial charge in [-0.25, -0.2) is 4.79 Å². The maximum Gasteiger partial charge on any atom is 0.407 e. The summed E-state index contributed by atoms with van der Waals surface area (Å²) in [6.07, 6.45) is 1.54. The molecule has 0 aliphatic carbocycles. The second-order valence-corrected chi connectivity index (χ2v) is 8.06. The van der Waals surface area contributed by atoms with Gasteiger partial charge in [-0.3, -0.25) is 4.79 Å². The number of ether oxygens (including phenoxy) is 5. The molecule has 32 heavy (non-hydrogen) atoms. The molecule has 0 heterocycles. The van der Waals surface area contributed by atoms with Gasteiger partial charge in [0.15, 0.2) is 0 Å². The Labute approximate surface area is 192 Å². The van der Waals surface area contributed by atoms with Gasteiger partial charge < -0.3 is 45.8 Å². The van der Waals surface area contributed by atoms with Gasteiger partial charge in [0.05, 0.1) is 58.9 Å². The van der Waals surface area contributed by atoms with Crippen molar-refractivity contribution in [3.8, 4) is 0 Å². The first-order valence-corrected chi connectivity index (χ1v) is 11.3. The number of alkyl carbamates (subject to hydrolysis) is 1. The number of hydrogen-bond acceptors (Lipinski definition) is 9. The number of carbonyl (C=O) groups is 2. The molecule has 190 valence electrons. The number of rotatable bonds is 20. The summed E-state index contributed by atoms with van der Waals surface area (Å²) in [7, 11) is 0. The van der Waals surface area contributed by atoms with Crippen LogP contribution in [0.25, 0.3) is 0 Å². The number of amides is 2. The van der Waals surface area contributed by atoms with Crippen LogP contribution in [0, 0.1) is 0 Å². The molecule has 11 nitrogen and oxygen atoms in total. The van der Waals surface area contributed by atoms with Gasteiger partial charge in [0.1, 0.15) is 5.60 Å². The lowest BCUT2D eigenvalue weighted by Gasteiger charge is -2.19. The normalized spacial score (nSPS) is 12.4. The summed E-state index contributed by atoms with van der Waals surface area (Å²) >= 11 is 0. The predicted molar refractivity (Wildman–Crippen MR) is 121 cm³/mol. The number of nitrogens with two attached hydrogens (primary N) is 2. The monoisotopic (exact) mass is 464 g/mol. The summed E-state index contributed by atoms with van der Waals surface area (Å²) in [5, 5.41) is 5.43. The third-order valence-electron chi connectivity index (χ3n) is 3.87. The molecule has 0 aliphatic rings. The van der Waals surface area contributed by atoms with E-state index in [2.05, 4.69) is 10.6 Å². The van der Waals surface area contributed by atoms with Crippen molar-refractivity contribution < 1.29 is 33.3 Å². The Balaban J connectivity index is 3.43. The maximum atomic E-state index is 12.0. The average molecular weight is 465 g/mol. The molecular weight excluding hydrogens is 420 g/mol. The first-order valence-electron chi connectivity index (χ1n) is 11.3. The molecule has 0 aromatic rings. The van der Waals surface area contributed by atoms with Gasteiger partial charge >= 0.3 is 6.09 Å². The average Bonchev–Trinajstić information content (AvgIpc) is 2.72. The van der Waals surface area contributed by atoms with Gasteiger partial charge in [0.25, 0.3) is 0 Å². The van der Waals surface area contributed by atoms with Crippen LogP contribution in [-0.2, 0) is 28.5 Å². The molecule has 0 saturated heterocycles. The van der Waals surface area contributed by atoms with E-state index in [0.29, 0.717) is 78.9 Å². The fourth-order valence-corrected chi connectivity index (χ4v) is 2.35. The van der Waals surface area contributed by atoms with Gasteiger partial charge in [0, 0.05) is 19.6 Å². The van der Waals surface area contributed by atoms with Crippen molar-refractivity contribution >= 4 is 12.0 Å². The van der Waals surface area contributed by atoms with Crippen LogP contribution in [0.1, 0.15) is 40.0 Å². The van der Waals surface area contributed by atoms with Crippen LogP contribution in [0.5, 0.6) is 0 Å². The summed E-state index contributed by atoms with van der Waals surface area (Å²) in [4.78, 5) is 23.5. The first kappa shape index (κ1) is 30.5. The van der Waals surface area contributed by atoms with Crippen molar-refractivity contribution in [2.75, 3.05) is 72.5 Å². The highest BCUT2D eigenvalue weighted by atomic mass is 16.6. The largest absolute Gasteiger partial charge is 0.444 e. The summed E-state index contributed by atoms with van der Waals surface area (Å²) < 4.78 is 26.4. The molecule has 0 saturated carbocycles. The van der Waals surface area contributed by atoms with Crippen molar-refractivity contribution in [3.63, 3.8) is 0 Å². The third-order valence-corrected chi connectivity index (χ3v) is 3.87. The van der Waals surface area contributed by atoms with E-state index in [4.69, 9.17) is 35.2 Å². The van der Waals surface area contributed by atoms with E-state index in [-0.39, 0.29) is 5.91 Å². The molecule has 0 aromatic heterocycles. The Morgan fingerprint density at radius 2 is 1.31 bits per heavy atom. The molecule has 0 aromatic carbocycles. The maximum absolute atomic E-state index is 12.0. The second kappa shape index (κ2) is 20.1. The van der Waals surface area contributed by atoms with E-state index >= 15 is 0 Å². The molecule has 2 amide bonds. The molecule has 0 bridgehead atoms. The molecule has 1 unspecified atom stereocenters. The van der Waals surface area contributed by atoms with Gasteiger partial charge in [-0.1, -0.05) is 0 Å². The molecular formula is C21H44N4O7. The zero-order chi connectivity index (χ0) is 24.1. The smallest absolute Gasteiger partial charge is 0.407 e. The lowest BCUT2D eigenvalue weighted by molar-refractivity contribution is -0.122. The molecule has 0 radical (unpaired) electrons. The van der Waals surface area contributed by atoms with E-state index in [1.807, 2.05) is 20.8 Å². The minimum Gasteiger partial charge on any atom is -0.444 e. The van der Waals surface area contributed by atoms with Gasteiger partial charge in [-0.05, 0) is 40.0 Å². The van der Waals surface area contributed by atoms with Crippen LogP contribution in [-0.4, -0.2) is 96.1 Å². The van der Waals surface area contributed by atoms with Crippen LogP contribution >= 0.6 is 0 Å². The number of nitrogens with one attached hydrogen (secondary N) is 2. The highest BCUT2D eigenvalue weighted by Crippen LogP contribution is 2.06. The van der Waals surface area contributed by atoms with Crippen LogP contribution in [0.15, 0.2) is 0 Å². The van der Waals surface area contributed by atoms with Gasteiger partial charge in [0.2, 0.25) is 5.91 Å². The summed E-state index contributed by atoms with van der Waals surface area (Å²) in [6, 6.07) is -0.583. The summed E-state index contributed by atoms with van der Waals surface area (Å²) in [5.41, 5.74) is 10.7. The summed E-state index contributed by atoms with van der Waals surface area (Å²) in [6.45, 7) is 10.7. The molecule has 0 rings (SSSR count). The number of hydrogen-bond donors (Lipinski definition) is 4. The van der Waals surface area contributed by atoms with Crippen LogP contribution < -0.4 is 22.1 Å². The van der Waals surface area contributed by atoms with E-state index in [1.54, 1.807) is 0 Å². The van der Waals surface area contributed by atoms with Crippen molar-refractivity contribution in [1.29, 1.82) is 0 Å². The Hall–Kier alpha value is -1.50. The zero-order valence-electron chi connectivity index (χ0n) is 20.0. The Kier molecular flexibility index (Phi) is 19.2. The molecule has 0 spiro atoms. The minimum absolute atomic E-state index is 0.211. The number of unbranched alkanes of at least 4 members (excludes halogenated alkanes) is 1. The third kappa shape index (κ3) is 21.7. The van der Waals surface area contributed by atoms with Crippen molar-refractivity contribution in [1.82, 2.24) is 10.6 Å². The van der Waals surface area contributed by atoms with Crippen molar-refractivity contribution in [2.45, 2.75) is 51.7 Å². The fourth-order valence-electron chi connectivity index (χ4n) is 2.35. The molecule has 11 heteroatoms. The topological polar surface area (TPSA) is 156 Å². The standard InChI is InChI=1S/C21H44N4O7/c1-21(2,3)32-20(27)25-8-5-4-6-18(23)19(26)24-9-11-29-13-15-31-17-16-30-14-12-28-10-7-22/h18H,4-17,22-23H2,1-3H3,(H,24,26)(H,25,27). The van der Waals surface area contributed by atoms with Gasteiger partial charge in [-0.15, -0.1) is 0 Å². The SMILES string of the molecule is CC(C)(C)OC(=O)NCCCCC(N)C(=O)NCCOCCOCCOCCOCCN. The number of carbonyl (C=O) groups excluding carboxylic acids is 2. The Morgan fingerprint density at radius 3 is 1.84 bits per heavy atom. The fraction of sp³-hybridized carbons (Fsp3) is 0.905. The molecule has 0 aliphatic heterocycles. The first-order chi connectivity index (χ1) is 15.3. The van der Waals surface area contributed by atoms with Crippen LogP contribution in [0.2, 0.25) is 0 Å². The Bertz CT molecular complexity index is 476. The second-order valence-electron chi connectivity index (χ2n) is 8.06. The van der Waals surface area contributed by atoms with Crippen LogP contribution in [0.4, 0.5) is 4.79 Å². The highest BCUT2D eigenvalue weighted by molar-refractivity contribution is 5.81. The minimum atomic E-state index is -0.583. The van der Waals surface area contributed by atoms with E-state index in [0.717, 1.165) is 12.8 Å². The van der Waals surface area contributed by atoms with E-state index in [9.17, 15) is 9.59 Å². The Morgan fingerprint density at radius 1 is 0.781 bits per heavy atom. The van der Waals surface area contributed by atoms with Crippen molar-refractivity contribution in [3.05, 3.63) is 0 Å². The highest BCUT2D eigenvalue weighted by Gasteiger charge is 2.16.